The molecule has 0 aliphatic carbocycles. The summed E-state index contributed by atoms with van der Waals surface area (Å²) in [5.41, 5.74) is 2.14. The van der Waals surface area contributed by atoms with Gasteiger partial charge in [-0.05, 0) is 34.9 Å². The maximum Gasteiger partial charge on any atom is 0.237 e. The zero-order chi connectivity index (χ0) is 22.4. The first kappa shape index (κ1) is 20.8. The van der Waals surface area contributed by atoms with Crippen molar-refractivity contribution in [2.45, 2.75) is 12.5 Å². The number of rotatable bonds is 4. The van der Waals surface area contributed by atoms with E-state index < -0.39 is 0 Å². The Morgan fingerprint density at radius 2 is 1.97 bits per heavy atom. The van der Waals surface area contributed by atoms with Crippen LogP contribution in [0.4, 0.5) is 5.82 Å². The summed E-state index contributed by atoms with van der Waals surface area (Å²) in [5, 5.41) is 9.56. The molecule has 170 valence electrons. The monoisotopic (exact) mass is 479 g/mol. The van der Waals surface area contributed by atoms with Crippen LogP contribution >= 0.6 is 22.7 Å². The van der Waals surface area contributed by atoms with Crippen LogP contribution < -0.4 is 4.90 Å². The number of anilines is 1. The zero-order valence-electron chi connectivity index (χ0n) is 18.4. The second-order valence-electron chi connectivity index (χ2n) is 8.52. The highest BCUT2D eigenvalue weighted by molar-refractivity contribution is 7.10. The molecule has 1 fully saturated rings. The van der Waals surface area contributed by atoms with Gasteiger partial charge in [0.2, 0.25) is 5.91 Å². The molecule has 1 saturated heterocycles. The van der Waals surface area contributed by atoms with E-state index in [0.717, 1.165) is 56.0 Å². The Kier molecular flexibility index (Phi) is 5.35. The van der Waals surface area contributed by atoms with Crippen molar-refractivity contribution in [1.82, 2.24) is 29.5 Å². The molecule has 4 aromatic rings. The lowest BCUT2D eigenvalue weighted by Gasteiger charge is -2.39. The highest BCUT2D eigenvalue weighted by Crippen LogP contribution is 2.39. The van der Waals surface area contributed by atoms with Gasteiger partial charge in [-0.25, -0.2) is 9.97 Å². The number of thiophene rings is 2. The fourth-order valence-corrected chi connectivity index (χ4v) is 6.70. The van der Waals surface area contributed by atoms with Crippen LogP contribution in [0, 0.1) is 0 Å². The first-order chi connectivity index (χ1) is 16.2. The summed E-state index contributed by atoms with van der Waals surface area (Å²) >= 11 is 3.55. The van der Waals surface area contributed by atoms with Gasteiger partial charge < -0.3 is 9.80 Å². The molecule has 0 spiro atoms. The normalized spacial score (nSPS) is 19.2. The Morgan fingerprint density at radius 3 is 2.79 bits per heavy atom. The maximum absolute atomic E-state index is 13.5. The van der Waals surface area contributed by atoms with Gasteiger partial charge in [0.25, 0.3) is 0 Å². The van der Waals surface area contributed by atoms with Crippen molar-refractivity contribution in [2.24, 2.45) is 7.05 Å². The minimum atomic E-state index is 0.0497. The minimum absolute atomic E-state index is 0.0497. The second kappa shape index (κ2) is 8.51. The summed E-state index contributed by atoms with van der Waals surface area (Å²) in [7, 11) is 1.89. The standard InChI is InChI=1S/C23H25N7OS2/c1-27-22-17(13-26-27)23(25-15-24-22)29-9-7-28(8-10-29)14-20(31)30-6-4-18-16(5-12-33-18)21(30)19-3-2-11-32-19/h2-3,5,11-13,15,21H,4,6-10,14H2,1H3. The SMILES string of the molecule is Cn1ncc2c(N3CCN(CC(=O)N4CCc5sccc5C4c4cccs4)CC3)ncnc21. The van der Waals surface area contributed by atoms with Gasteiger partial charge in [0.15, 0.2) is 5.65 Å². The van der Waals surface area contributed by atoms with E-state index in [-0.39, 0.29) is 11.9 Å². The smallest absolute Gasteiger partial charge is 0.237 e. The predicted molar refractivity (Wildman–Crippen MR) is 131 cm³/mol. The van der Waals surface area contributed by atoms with Crippen LogP contribution in [0.25, 0.3) is 11.0 Å². The number of aryl methyl sites for hydroxylation is 1. The van der Waals surface area contributed by atoms with E-state index in [1.165, 1.54) is 15.3 Å². The van der Waals surface area contributed by atoms with Crippen molar-refractivity contribution in [1.29, 1.82) is 0 Å². The van der Waals surface area contributed by atoms with Crippen molar-refractivity contribution in [3.8, 4) is 0 Å². The summed E-state index contributed by atoms with van der Waals surface area (Å²) < 4.78 is 1.77. The van der Waals surface area contributed by atoms with Crippen LogP contribution in [0.5, 0.6) is 0 Å². The van der Waals surface area contributed by atoms with E-state index in [0.29, 0.717) is 6.54 Å². The summed E-state index contributed by atoms with van der Waals surface area (Å²) in [6.45, 7) is 4.57. The number of carbonyl (C=O) groups excluding carboxylic acids is 1. The molecule has 0 radical (unpaired) electrons. The topological polar surface area (TPSA) is 70.4 Å². The molecule has 2 aliphatic heterocycles. The highest BCUT2D eigenvalue weighted by atomic mass is 32.1. The number of fused-ring (bicyclic) bond motifs is 2. The average molecular weight is 480 g/mol. The molecule has 1 unspecified atom stereocenters. The summed E-state index contributed by atoms with van der Waals surface area (Å²) in [5.74, 6) is 1.15. The van der Waals surface area contributed by atoms with Crippen LogP contribution in [0.2, 0.25) is 0 Å². The molecule has 8 nitrogen and oxygen atoms in total. The predicted octanol–water partition coefficient (Wildman–Crippen LogP) is 2.78. The number of hydrogen-bond donors (Lipinski definition) is 0. The molecule has 0 bridgehead atoms. The van der Waals surface area contributed by atoms with E-state index in [2.05, 4.69) is 58.7 Å². The Morgan fingerprint density at radius 1 is 1.09 bits per heavy atom. The quantitative estimate of drug-likeness (QED) is 0.448. The van der Waals surface area contributed by atoms with E-state index in [9.17, 15) is 4.79 Å². The Hall–Kier alpha value is -2.82. The van der Waals surface area contributed by atoms with Gasteiger partial charge in [0.05, 0.1) is 24.2 Å². The van der Waals surface area contributed by atoms with Gasteiger partial charge in [-0.2, -0.15) is 5.10 Å². The lowest BCUT2D eigenvalue weighted by Crippen LogP contribution is -2.51. The molecule has 0 aromatic carbocycles. The molecule has 0 N–H and O–H groups in total. The third kappa shape index (κ3) is 3.71. The largest absolute Gasteiger partial charge is 0.353 e. The molecule has 1 atom stereocenters. The van der Waals surface area contributed by atoms with Gasteiger partial charge in [-0.1, -0.05) is 6.07 Å². The average Bonchev–Trinajstić information content (AvgIpc) is 3.60. The van der Waals surface area contributed by atoms with Crippen LogP contribution in [-0.4, -0.2) is 74.7 Å². The molecular weight excluding hydrogens is 454 g/mol. The molecular formula is C23H25N7OS2. The fourth-order valence-electron chi connectivity index (χ4n) is 4.94. The Balaban J connectivity index is 1.15. The second-order valence-corrected chi connectivity index (χ2v) is 10.5. The number of carbonyl (C=O) groups is 1. The molecule has 1 amide bonds. The lowest BCUT2D eigenvalue weighted by atomic mass is 9.98. The van der Waals surface area contributed by atoms with Gasteiger partial charge in [-0.3, -0.25) is 14.4 Å². The van der Waals surface area contributed by atoms with E-state index in [1.807, 2.05) is 24.6 Å². The molecule has 2 aliphatic rings. The molecule has 4 aromatic heterocycles. The molecule has 33 heavy (non-hydrogen) atoms. The van der Waals surface area contributed by atoms with E-state index >= 15 is 0 Å². The number of hydrogen-bond acceptors (Lipinski definition) is 8. The van der Waals surface area contributed by atoms with Crippen LogP contribution in [-0.2, 0) is 18.3 Å². The fraction of sp³-hybridized carbons (Fsp3) is 0.391. The number of amides is 1. The highest BCUT2D eigenvalue weighted by Gasteiger charge is 2.34. The maximum atomic E-state index is 13.5. The van der Waals surface area contributed by atoms with Crippen LogP contribution in [0.1, 0.15) is 21.4 Å². The van der Waals surface area contributed by atoms with E-state index in [4.69, 9.17) is 0 Å². The molecule has 6 rings (SSSR count). The minimum Gasteiger partial charge on any atom is -0.353 e. The third-order valence-corrected chi connectivity index (χ3v) is 8.56. The van der Waals surface area contributed by atoms with Crippen molar-refractivity contribution in [2.75, 3.05) is 44.2 Å². The molecule has 10 heteroatoms. The molecule has 0 saturated carbocycles. The van der Waals surface area contributed by atoms with Gasteiger partial charge in [0.1, 0.15) is 12.1 Å². The number of nitrogens with zero attached hydrogens (tertiary/aromatic N) is 7. The molecule has 6 heterocycles. The van der Waals surface area contributed by atoms with Crippen molar-refractivity contribution in [3.05, 3.63) is 56.8 Å². The first-order valence-corrected chi connectivity index (χ1v) is 12.9. The number of aromatic nitrogens is 4. The summed E-state index contributed by atoms with van der Waals surface area (Å²) in [6.07, 6.45) is 4.39. The van der Waals surface area contributed by atoms with Gasteiger partial charge >= 0.3 is 0 Å². The van der Waals surface area contributed by atoms with Crippen LogP contribution in [0.3, 0.4) is 0 Å². The van der Waals surface area contributed by atoms with Crippen molar-refractivity contribution >= 4 is 45.4 Å². The van der Waals surface area contributed by atoms with Crippen molar-refractivity contribution < 1.29 is 4.79 Å². The van der Waals surface area contributed by atoms with Crippen LogP contribution in [0.15, 0.2) is 41.5 Å². The van der Waals surface area contributed by atoms with Crippen molar-refractivity contribution in [3.63, 3.8) is 0 Å². The summed E-state index contributed by atoms with van der Waals surface area (Å²) in [6, 6.07) is 6.48. The first-order valence-electron chi connectivity index (χ1n) is 11.2. The Bertz CT molecular complexity index is 1270. The summed E-state index contributed by atoms with van der Waals surface area (Å²) in [4.78, 5) is 31.7. The zero-order valence-corrected chi connectivity index (χ0v) is 20.1. The lowest BCUT2D eigenvalue weighted by molar-refractivity contribution is -0.134. The van der Waals surface area contributed by atoms with Gasteiger partial charge in [0, 0.05) is 49.5 Å². The van der Waals surface area contributed by atoms with E-state index in [1.54, 1.807) is 22.3 Å². The van der Waals surface area contributed by atoms with Gasteiger partial charge in [-0.15, -0.1) is 22.7 Å². The number of piperazine rings is 1. The Labute approximate surface area is 200 Å². The third-order valence-electron chi connectivity index (χ3n) is 6.64.